The summed E-state index contributed by atoms with van der Waals surface area (Å²) in [6, 6.07) is 4.62. The smallest absolute Gasteiger partial charge is 0.337 e. The van der Waals surface area contributed by atoms with Crippen molar-refractivity contribution in [3.8, 4) is 0 Å². The third kappa shape index (κ3) is 2.34. The molecule has 0 amide bonds. The number of H-pyrrole nitrogens is 2. The maximum atomic E-state index is 12.0. The number of benzene rings is 1. The van der Waals surface area contributed by atoms with Crippen LogP contribution in [-0.4, -0.2) is 42.8 Å². The zero-order valence-corrected chi connectivity index (χ0v) is 13.1. The van der Waals surface area contributed by atoms with Crippen LogP contribution in [0.1, 0.15) is 10.4 Å². The molecule has 0 saturated carbocycles. The lowest BCUT2D eigenvalue weighted by molar-refractivity contribution is 0.0699. The van der Waals surface area contributed by atoms with E-state index in [-0.39, 0.29) is 16.5 Å². The predicted molar refractivity (Wildman–Crippen MR) is 86.6 cm³/mol. The third-order valence-electron chi connectivity index (χ3n) is 3.72. The molecule has 0 atom stereocenters. The van der Waals surface area contributed by atoms with Crippen LogP contribution in [0, 0.1) is 0 Å². The van der Waals surface area contributed by atoms with Crippen molar-refractivity contribution in [1.82, 2.24) is 9.97 Å². The Balaban J connectivity index is 2.44. The Morgan fingerprint density at radius 3 is 2.61 bits per heavy atom. The molecule has 9 heteroatoms. The van der Waals surface area contributed by atoms with Crippen LogP contribution in [0.3, 0.4) is 0 Å². The molecule has 0 fully saturated rings. The number of sulfonamides is 1. The van der Waals surface area contributed by atoms with Crippen LogP contribution < -0.4 is 9.86 Å². The molecular formula is C14H13N3O5S. The minimum Gasteiger partial charge on any atom is -0.478 e. The zero-order valence-electron chi connectivity index (χ0n) is 12.2. The van der Waals surface area contributed by atoms with E-state index < -0.39 is 21.6 Å². The first-order chi connectivity index (χ1) is 10.7. The molecule has 0 radical (unpaired) electrons. The average molecular weight is 335 g/mol. The highest BCUT2D eigenvalue weighted by atomic mass is 32.2. The number of nitrogens with one attached hydrogen (secondary N) is 2. The number of anilines is 1. The van der Waals surface area contributed by atoms with Crippen LogP contribution in [0.5, 0.6) is 0 Å². The van der Waals surface area contributed by atoms with Crippen molar-refractivity contribution in [3.63, 3.8) is 0 Å². The number of nitrogens with zero attached hydrogens (tertiary/aromatic N) is 1. The number of rotatable bonds is 3. The van der Waals surface area contributed by atoms with Crippen molar-refractivity contribution in [2.45, 2.75) is 0 Å². The van der Waals surface area contributed by atoms with E-state index in [0.29, 0.717) is 16.6 Å². The highest BCUT2D eigenvalue weighted by Gasteiger charge is 2.18. The van der Waals surface area contributed by atoms with Gasteiger partial charge in [0.25, 0.3) is 5.56 Å². The van der Waals surface area contributed by atoms with Crippen LogP contribution in [0.2, 0.25) is 0 Å². The minimum atomic E-state index is -3.46. The van der Waals surface area contributed by atoms with E-state index in [1.165, 1.54) is 25.4 Å². The number of fused-ring (bicyclic) bond motifs is 3. The van der Waals surface area contributed by atoms with E-state index in [9.17, 15) is 23.1 Å². The molecule has 0 bridgehead atoms. The Morgan fingerprint density at radius 1 is 1.30 bits per heavy atom. The van der Waals surface area contributed by atoms with E-state index in [1.54, 1.807) is 6.07 Å². The molecule has 1 aromatic carbocycles. The Bertz CT molecular complexity index is 1110. The quantitative estimate of drug-likeness (QED) is 0.661. The summed E-state index contributed by atoms with van der Waals surface area (Å²) in [5.74, 6) is -1.18. The van der Waals surface area contributed by atoms with Crippen LogP contribution in [0.25, 0.3) is 21.8 Å². The van der Waals surface area contributed by atoms with Gasteiger partial charge in [-0.3, -0.25) is 9.10 Å². The third-order valence-corrected chi connectivity index (χ3v) is 4.93. The van der Waals surface area contributed by atoms with Crippen molar-refractivity contribution in [1.29, 1.82) is 0 Å². The highest BCUT2D eigenvalue weighted by Crippen LogP contribution is 2.28. The molecule has 2 aromatic heterocycles. The van der Waals surface area contributed by atoms with Crippen LogP contribution in [0.4, 0.5) is 5.69 Å². The maximum absolute atomic E-state index is 12.0. The number of aromatic amines is 2. The lowest BCUT2D eigenvalue weighted by atomic mass is 10.1. The summed E-state index contributed by atoms with van der Waals surface area (Å²) in [5, 5.41) is 9.99. The summed E-state index contributed by atoms with van der Waals surface area (Å²) in [7, 11) is -2.06. The van der Waals surface area contributed by atoms with Crippen molar-refractivity contribution in [2.75, 3.05) is 17.6 Å². The van der Waals surface area contributed by atoms with Gasteiger partial charge in [0.2, 0.25) is 10.0 Å². The SMILES string of the molecule is CN(c1ccc2[nH]c(=O)c3[nH]cc(C(=O)O)c3c2c1)S(C)(=O)=O. The highest BCUT2D eigenvalue weighted by molar-refractivity contribution is 7.92. The molecule has 2 heterocycles. The Hall–Kier alpha value is -2.81. The first-order valence-corrected chi connectivity index (χ1v) is 8.39. The summed E-state index contributed by atoms with van der Waals surface area (Å²) in [5.41, 5.74) is 0.440. The second-order valence-corrected chi connectivity index (χ2v) is 7.19. The average Bonchev–Trinajstić information content (AvgIpc) is 2.91. The maximum Gasteiger partial charge on any atom is 0.337 e. The first kappa shape index (κ1) is 15.1. The topological polar surface area (TPSA) is 123 Å². The van der Waals surface area contributed by atoms with Gasteiger partial charge in [0.1, 0.15) is 5.52 Å². The van der Waals surface area contributed by atoms with Gasteiger partial charge in [-0.1, -0.05) is 0 Å². The van der Waals surface area contributed by atoms with Crippen molar-refractivity contribution >= 4 is 43.5 Å². The fourth-order valence-corrected chi connectivity index (χ4v) is 2.97. The molecule has 0 saturated heterocycles. The van der Waals surface area contributed by atoms with Gasteiger partial charge < -0.3 is 15.1 Å². The predicted octanol–water partition coefficient (Wildman–Crippen LogP) is 1.10. The summed E-state index contributed by atoms with van der Waals surface area (Å²) in [6.07, 6.45) is 2.31. The lowest BCUT2D eigenvalue weighted by Gasteiger charge is -2.17. The number of carboxylic acids is 1. The number of aromatic carboxylic acids is 1. The molecule has 0 aliphatic rings. The van der Waals surface area contributed by atoms with Crippen molar-refractivity contribution in [2.24, 2.45) is 0 Å². The number of hydrogen-bond acceptors (Lipinski definition) is 4. The molecule has 3 rings (SSSR count). The number of hydrogen-bond donors (Lipinski definition) is 3. The Kier molecular flexibility index (Phi) is 3.18. The molecule has 3 N–H and O–H groups in total. The van der Waals surface area contributed by atoms with Crippen LogP contribution in [-0.2, 0) is 10.0 Å². The number of carboxylic acid groups (broad SMARTS) is 1. The molecule has 3 aromatic rings. The standard InChI is InChI=1S/C14H13N3O5S/c1-17(23(2,21)22)7-3-4-10-8(5-7)11-9(14(19)20)6-15-12(11)13(18)16-10/h3-6,15H,1-2H3,(H,16,18)(H,19,20). The van der Waals surface area contributed by atoms with E-state index in [1.807, 2.05) is 0 Å². The number of pyridine rings is 1. The summed E-state index contributed by atoms with van der Waals surface area (Å²) >= 11 is 0. The number of aromatic nitrogens is 2. The van der Waals surface area contributed by atoms with E-state index in [4.69, 9.17) is 0 Å². The Morgan fingerprint density at radius 2 is 2.00 bits per heavy atom. The van der Waals surface area contributed by atoms with Gasteiger partial charge in [0, 0.05) is 29.5 Å². The van der Waals surface area contributed by atoms with Crippen LogP contribution >= 0.6 is 0 Å². The molecule has 0 unspecified atom stereocenters. The normalized spacial score (nSPS) is 11.9. The van der Waals surface area contributed by atoms with Gasteiger partial charge in [-0.05, 0) is 18.2 Å². The van der Waals surface area contributed by atoms with Gasteiger partial charge in [0.05, 0.1) is 17.5 Å². The fraction of sp³-hybridized carbons (Fsp3) is 0.143. The molecule has 120 valence electrons. The van der Waals surface area contributed by atoms with Gasteiger partial charge in [-0.25, -0.2) is 13.2 Å². The summed E-state index contributed by atoms with van der Waals surface area (Å²) in [6.45, 7) is 0. The van der Waals surface area contributed by atoms with E-state index in [2.05, 4.69) is 9.97 Å². The number of carbonyl (C=O) groups is 1. The minimum absolute atomic E-state index is 0.0461. The largest absolute Gasteiger partial charge is 0.478 e. The van der Waals surface area contributed by atoms with Gasteiger partial charge >= 0.3 is 5.97 Å². The van der Waals surface area contributed by atoms with Crippen molar-refractivity contribution < 1.29 is 18.3 Å². The lowest BCUT2D eigenvalue weighted by Crippen LogP contribution is -2.24. The van der Waals surface area contributed by atoms with E-state index in [0.717, 1.165) is 10.6 Å². The summed E-state index contributed by atoms with van der Waals surface area (Å²) in [4.78, 5) is 28.7. The molecule has 8 nitrogen and oxygen atoms in total. The van der Waals surface area contributed by atoms with Crippen molar-refractivity contribution in [3.05, 3.63) is 40.3 Å². The van der Waals surface area contributed by atoms with E-state index >= 15 is 0 Å². The Labute approximate surface area is 130 Å². The summed E-state index contributed by atoms with van der Waals surface area (Å²) < 4.78 is 24.4. The van der Waals surface area contributed by atoms with Gasteiger partial charge in [-0.2, -0.15) is 0 Å². The molecule has 23 heavy (non-hydrogen) atoms. The zero-order chi connectivity index (χ0) is 16.9. The molecule has 0 aliphatic heterocycles. The second kappa shape index (κ2) is 4.85. The fourth-order valence-electron chi connectivity index (χ4n) is 2.47. The van der Waals surface area contributed by atoms with Crippen LogP contribution in [0.15, 0.2) is 29.2 Å². The van der Waals surface area contributed by atoms with Gasteiger partial charge in [0.15, 0.2) is 0 Å². The molecule has 0 spiro atoms. The monoisotopic (exact) mass is 335 g/mol. The van der Waals surface area contributed by atoms with Gasteiger partial charge in [-0.15, -0.1) is 0 Å². The molecular weight excluding hydrogens is 322 g/mol. The first-order valence-electron chi connectivity index (χ1n) is 6.54. The molecule has 0 aliphatic carbocycles. The second-order valence-electron chi connectivity index (χ2n) is 5.17.